The molecule has 1 heterocycles. The summed E-state index contributed by atoms with van der Waals surface area (Å²) in [4.78, 5) is 3.83. The van der Waals surface area contributed by atoms with Crippen molar-refractivity contribution in [3.63, 3.8) is 0 Å². The molecule has 1 N–H and O–H groups in total. The fraction of sp³-hybridized carbons (Fsp3) is 0.167. The molecule has 0 aromatic carbocycles. The van der Waals surface area contributed by atoms with Crippen LogP contribution in [0, 0.1) is 0 Å². The number of hydrogen-bond donors (Lipinski definition) is 1. The van der Waals surface area contributed by atoms with Gasteiger partial charge in [0, 0.05) is 13.2 Å². The van der Waals surface area contributed by atoms with Crippen molar-refractivity contribution in [1.29, 1.82) is 0 Å². The lowest BCUT2D eigenvalue weighted by atomic mass is 10.4. The summed E-state index contributed by atoms with van der Waals surface area (Å²) >= 11 is 11.4. The van der Waals surface area contributed by atoms with Gasteiger partial charge in [0.25, 0.3) is 0 Å². The van der Waals surface area contributed by atoms with Crippen molar-refractivity contribution in [3.8, 4) is 0 Å². The second-order valence-corrected chi connectivity index (χ2v) is 2.47. The van der Waals surface area contributed by atoms with E-state index in [1.54, 1.807) is 19.3 Å². The maximum Gasteiger partial charge on any atom is 0.153 e. The first-order valence-corrected chi connectivity index (χ1v) is 3.49. The summed E-state index contributed by atoms with van der Waals surface area (Å²) < 4.78 is 0. The largest absolute Gasteiger partial charge is 0.384 e. The summed E-state index contributed by atoms with van der Waals surface area (Å²) in [5.41, 5.74) is 0.672. The summed E-state index contributed by atoms with van der Waals surface area (Å²) in [6.45, 7) is 0. The van der Waals surface area contributed by atoms with E-state index in [9.17, 15) is 0 Å². The Morgan fingerprint density at radius 3 is 2.60 bits per heavy atom. The van der Waals surface area contributed by atoms with Crippen LogP contribution in [0.1, 0.15) is 0 Å². The predicted octanol–water partition coefficient (Wildman–Crippen LogP) is 2.43. The first-order valence-electron chi connectivity index (χ1n) is 2.73. The summed E-state index contributed by atoms with van der Waals surface area (Å²) in [6, 6.07) is 1.68. The Balaban J connectivity index is 3.17. The van der Waals surface area contributed by atoms with Crippen LogP contribution >= 0.6 is 23.2 Å². The van der Waals surface area contributed by atoms with Crippen molar-refractivity contribution in [2.24, 2.45) is 0 Å². The molecule has 0 atom stereocenters. The van der Waals surface area contributed by atoms with Crippen LogP contribution in [0.3, 0.4) is 0 Å². The van der Waals surface area contributed by atoms with E-state index in [4.69, 9.17) is 23.2 Å². The normalized spacial score (nSPS) is 9.50. The first-order chi connectivity index (χ1) is 4.75. The highest BCUT2D eigenvalue weighted by atomic mass is 35.5. The molecule has 0 saturated carbocycles. The number of hydrogen-bond acceptors (Lipinski definition) is 2. The zero-order chi connectivity index (χ0) is 7.56. The molecule has 1 aromatic heterocycles. The minimum absolute atomic E-state index is 0.398. The van der Waals surface area contributed by atoms with Gasteiger partial charge in [0.2, 0.25) is 0 Å². The molecule has 0 aliphatic heterocycles. The van der Waals surface area contributed by atoms with Gasteiger partial charge in [-0.3, -0.25) is 0 Å². The van der Waals surface area contributed by atoms with Gasteiger partial charge < -0.3 is 5.32 Å². The molecule has 2 nitrogen and oxygen atoms in total. The Labute approximate surface area is 69.2 Å². The molecular formula is C6H6Cl2N2. The highest BCUT2D eigenvalue weighted by molar-refractivity contribution is 6.38. The van der Waals surface area contributed by atoms with Gasteiger partial charge in [0.1, 0.15) is 0 Å². The fourth-order valence-corrected chi connectivity index (χ4v) is 1.18. The lowest BCUT2D eigenvalue weighted by Gasteiger charge is -2.02. The van der Waals surface area contributed by atoms with Crippen LogP contribution in [0.25, 0.3) is 0 Å². The van der Waals surface area contributed by atoms with Crippen LogP contribution in [-0.4, -0.2) is 12.0 Å². The van der Waals surface area contributed by atoms with Gasteiger partial charge in [-0.25, -0.2) is 4.98 Å². The van der Waals surface area contributed by atoms with Crippen LogP contribution < -0.4 is 5.32 Å². The number of rotatable bonds is 1. The summed E-state index contributed by atoms with van der Waals surface area (Å²) in [5.74, 6) is 0. The Kier molecular flexibility index (Phi) is 2.35. The average molecular weight is 177 g/mol. The van der Waals surface area contributed by atoms with Gasteiger partial charge in [-0.2, -0.15) is 0 Å². The number of nitrogens with one attached hydrogen (secondary N) is 1. The van der Waals surface area contributed by atoms with E-state index in [1.165, 1.54) is 0 Å². The SMILES string of the molecule is CNc1c(Cl)ccnc1Cl. The number of nitrogens with zero attached hydrogens (tertiary/aromatic N) is 1. The first kappa shape index (κ1) is 7.63. The predicted molar refractivity (Wildman–Crippen MR) is 43.8 cm³/mol. The summed E-state index contributed by atoms with van der Waals surface area (Å²) in [7, 11) is 1.74. The second-order valence-electron chi connectivity index (χ2n) is 1.71. The maximum atomic E-state index is 5.74. The zero-order valence-corrected chi connectivity index (χ0v) is 6.87. The lowest BCUT2D eigenvalue weighted by molar-refractivity contribution is 1.31. The second kappa shape index (κ2) is 3.08. The van der Waals surface area contributed by atoms with E-state index in [0.717, 1.165) is 0 Å². The Hall–Kier alpha value is -0.470. The molecular weight excluding hydrogens is 171 g/mol. The highest BCUT2D eigenvalue weighted by Gasteiger charge is 2.01. The lowest BCUT2D eigenvalue weighted by Crippen LogP contribution is -1.91. The van der Waals surface area contributed by atoms with E-state index >= 15 is 0 Å². The minimum atomic E-state index is 0.398. The summed E-state index contributed by atoms with van der Waals surface area (Å²) in [6.07, 6.45) is 1.56. The van der Waals surface area contributed by atoms with E-state index < -0.39 is 0 Å². The van der Waals surface area contributed by atoms with Crippen molar-refractivity contribution < 1.29 is 0 Å². The van der Waals surface area contributed by atoms with E-state index in [-0.39, 0.29) is 0 Å². The van der Waals surface area contributed by atoms with Crippen molar-refractivity contribution in [2.45, 2.75) is 0 Å². The van der Waals surface area contributed by atoms with E-state index in [0.29, 0.717) is 15.9 Å². The number of aromatic nitrogens is 1. The minimum Gasteiger partial charge on any atom is -0.384 e. The van der Waals surface area contributed by atoms with Crippen LogP contribution in [0.5, 0.6) is 0 Å². The smallest absolute Gasteiger partial charge is 0.153 e. The number of anilines is 1. The van der Waals surface area contributed by atoms with Gasteiger partial charge >= 0.3 is 0 Å². The van der Waals surface area contributed by atoms with E-state index in [2.05, 4.69) is 10.3 Å². The molecule has 0 amide bonds. The number of pyridine rings is 1. The molecule has 1 rings (SSSR count). The van der Waals surface area contributed by atoms with E-state index in [1.807, 2.05) is 0 Å². The third kappa shape index (κ3) is 1.33. The third-order valence-corrected chi connectivity index (χ3v) is 1.71. The fourth-order valence-electron chi connectivity index (χ4n) is 0.637. The van der Waals surface area contributed by atoms with Crippen LogP contribution in [0.2, 0.25) is 10.2 Å². The molecule has 0 bridgehead atoms. The van der Waals surface area contributed by atoms with Crippen molar-refractivity contribution >= 4 is 28.9 Å². The van der Waals surface area contributed by atoms with Gasteiger partial charge in [-0.1, -0.05) is 23.2 Å². The Bertz CT molecular complexity index is 217. The van der Waals surface area contributed by atoms with Gasteiger partial charge in [-0.05, 0) is 6.07 Å². The van der Waals surface area contributed by atoms with Crippen LogP contribution in [0.4, 0.5) is 5.69 Å². The Morgan fingerprint density at radius 2 is 2.20 bits per heavy atom. The standard InChI is InChI=1S/C6H6Cl2N2/c1-9-5-4(7)2-3-10-6(5)8/h2-3,9H,1H3. The molecule has 0 unspecified atom stereocenters. The summed E-state index contributed by atoms with van der Waals surface area (Å²) in [5, 5.41) is 3.82. The Morgan fingerprint density at radius 1 is 1.50 bits per heavy atom. The maximum absolute atomic E-state index is 5.74. The molecule has 54 valence electrons. The molecule has 0 saturated heterocycles. The molecule has 0 radical (unpaired) electrons. The third-order valence-electron chi connectivity index (χ3n) is 1.10. The van der Waals surface area contributed by atoms with Crippen molar-refractivity contribution in [1.82, 2.24) is 4.98 Å². The molecule has 1 aromatic rings. The molecule has 0 aliphatic rings. The molecule has 0 aliphatic carbocycles. The average Bonchev–Trinajstić information content (AvgIpc) is 1.88. The van der Waals surface area contributed by atoms with Crippen LogP contribution in [-0.2, 0) is 0 Å². The topological polar surface area (TPSA) is 24.9 Å². The van der Waals surface area contributed by atoms with Gasteiger partial charge in [0.15, 0.2) is 5.15 Å². The molecule has 0 fully saturated rings. The van der Waals surface area contributed by atoms with Gasteiger partial charge in [0.05, 0.1) is 10.7 Å². The van der Waals surface area contributed by atoms with Crippen molar-refractivity contribution in [2.75, 3.05) is 12.4 Å². The zero-order valence-electron chi connectivity index (χ0n) is 5.36. The van der Waals surface area contributed by atoms with Crippen LogP contribution in [0.15, 0.2) is 12.3 Å². The number of halogens is 2. The van der Waals surface area contributed by atoms with Crippen molar-refractivity contribution in [3.05, 3.63) is 22.4 Å². The highest BCUT2D eigenvalue weighted by Crippen LogP contribution is 2.26. The molecule has 0 spiro atoms. The molecule has 10 heavy (non-hydrogen) atoms. The monoisotopic (exact) mass is 176 g/mol. The molecule has 4 heteroatoms. The quantitative estimate of drug-likeness (QED) is 0.666. The van der Waals surface area contributed by atoms with Gasteiger partial charge in [-0.15, -0.1) is 0 Å².